The highest BCUT2D eigenvalue weighted by Crippen LogP contribution is 2.26. The van der Waals surface area contributed by atoms with Gasteiger partial charge in [0.25, 0.3) is 5.89 Å². The Kier molecular flexibility index (Phi) is 4.04. The fraction of sp³-hybridized carbons (Fsp3) is 0.333. The van der Waals surface area contributed by atoms with Gasteiger partial charge in [-0.15, -0.1) is 0 Å². The Morgan fingerprint density at radius 1 is 1.04 bits per heavy atom. The molecule has 3 heterocycles. The topological polar surface area (TPSA) is 75.5 Å². The molecule has 0 aliphatic carbocycles. The van der Waals surface area contributed by atoms with Crippen LogP contribution in [0.25, 0.3) is 22.8 Å². The van der Waals surface area contributed by atoms with Crippen molar-refractivity contribution in [2.75, 3.05) is 18.0 Å². The van der Waals surface area contributed by atoms with Crippen molar-refractivity contribution in [3.63, 3.8) is 0 Å². The predicted molar refractivity (Wildman–Crippen MR) is 89.4 cm³/mol. The quantitative estimate of drug-likeness (QED) is 0.791. The number of furan rings is 1. The van der Waals surface area contributed by atoms with E-state index >= 15 is 0 Å². The molecule has 1 aliphatic heterocycles. The molecule has 0 radical (unpaired) electrons. The fourth-order valence-corrected chi connectivity index (χ4v) is 3.01. The second-order valence-corrected chi connectivity index (χ2v) is 5.98. The van der Waals surface area contributed by atoms with Crippen molar-refractivity contribution < 1.29 is 14.0 Å². The van der Waals surface area contributed by atoms with Crippen molar-refractivity contribution in [2.45, 2.75) is 25.9 Å². The van der Waals surface area contributed by atoms with Crippen LogP contribution >= 0.6 is 0 Å². The standard InChI is InChI=1S/C18H19N3O3/c22-11-16-10-14(12-23-16)18-19-17(20-24-18)13-4-6-15(7-5-13)21-8-2-1-3-9-21/h4-7,10,12,22H,1-3,8-9,11H2. The summed E-state index contributed by atoms with van der Waals surface area (Å²) in [5.41, 5.74) is 2.82. The molecule has 1 aliphatic rings. The summed E-state index contributed by atoms with van der Waals surface area (Å²) in [6, 6.07) is 9.95. The maximum atomic E-state index is 9.05. The smallest absolute Gasteiger partial charge is 0.261 e. The third kappa shape index (κ3) is 2.92. The summed E-state index contributed by atoms with van der Waals surface area (Å²) in [5.74, 6) is 1.39. The molecule has 0 spiro atoms. The number of aromatic nitrogens is 2. The summed E-state index contributed by atoms with van der Waals surface area (Å²) in [4.78, 5) is 6.82. The summed E-state index contributed by atoms with van der Waals surface area (Å²) < 4.78 is 10.5. The van der Waals surface area contributed by atoms with Crippen LogP contribution in [0.3, 0.4) is 0 Å². The van der Waals surface area contributed by atoms with Crippen LogP contribution in [-0.2, 0) is 6.61 Å². The molecule has 0 unspecified atom stereocenters. The zero-order valence-corrected chi connectivity index (χ0v) is 13.3. The molecular formula is C18H19N3O3. The van der Waals surface area contributed by atoms with E-state index in [-0.39, 0.29) is 6.61 Å². The Labute approximate surface area is 139 Å². The lowest BCUT2D eigenvalue weighted by molar-refractivity contribution is 0.247. The third-order valence-electron chi connectivity index (χ3n) is 4.33. The highest BCUT2D eigenvalue weighted by atomic mass is 16.5. The van der Waals surface area contributed by atoms with Gasteiger partial charge in [0.1, 0.15) is 18.6 Å². The average Bonchev–Trinajstić information content (AvgIpc) is 3.32. The third-order valence-corrected chi connectivity index (χ3v) is 4.33. The van der Waals surface area contributed by atoms with Gasteiger partial charge in [-0.3, -0.25) is 0 Å². The van der Waals surface area contributed by atoms with E-state index in [0.717, 1.165) is 18.7 Å². The zero-order chi connectivity index (χ0) is 16.4. The fourth-order valence-electron chi connectivity index (χ4n) is 3.01. The first kappa shape index (κ1) is 15.0. The van der Waals surface area contributed by atoms with Gasteiger partial charge in [0.2, 0.25) is 5.82 Å². The second kappa shape index (κ2) is 6.49. The van der Waals surface area contributed by atoms with Gasteiger partial charge in [-0.05, 0) is 49.6 Å². The molecule has 6 nitrogen and oxygen atoms in total. The van der Waals surface area contributed by atoms with Gasteiger partial charge in [-0.25, -0.2) is 0 Å². The van der Waals surface area contributed by atoms with Gasteiger partial charge in [0.05, 0.1) is 5.56 Å². The lowest BCUT2D eigenvalue weighted by Gasteiger charge is -2.28. The number of aliphatic hydroxyl groups is 1. The minimum atomic E-state index is -0.154. The first-order chi connectivity index (χ1) is 11.8. The van der Waals surface area contributed by atoms with E-state index in [1.165, 1.54) is 31.2 Å². The van der Waals surface area contributed by atoms with E-state index in [0.29, 0.717) is 23.0 Å². The predicted octanol–water partition coefficient (Wildman–Crippen LogP) is 3.48. The van der Waals surface area contributed by atoms with E-state index < -0.39 is 0 Å². The zero-order valence-electron chi connectivity index (χ0n) is 13.3. The monoisotopic (exact) mass is 325 g/mol. The molecular weight excluding hydrogens is 306 g/mol. The molecule has 2 aromatic heterocycles. The molecule has 1 fully saturated rings. The van der Waals surface area contributed by atoms with Crippen molar-refractivity contribution in [1.82, 2.24) is 10.1 Å². The number of hydrogen-bond donors (Lipinski definition) is 1. The summed E-state index contributed by atoms with van der Waals surface area (Å²) in [5, 5.41) is 13.1. The highest BCUT2D eigenvalue weighted by Gasteiger charge is 2.14. The first-order valence-electron chi connectivity index (χ1n) is 8.21. The number of hydrogen-bond acceptors (Lipinski definition) is 6. The lowest BCUT2D eigenvalue weighted by atomic mass is 10.1. The van der Waals surface area contributed by atoms with Crippen molar-refractivity contribution in [1.29, 1.82) is 0 Å². The number of nitrogens with zero attached hydrogens (tertiary/aromatic N) is 3. The van der Waals surface area contributed by atoms with Gasteiger partial charge in [0, 0.05) is 24.3 Å². The molecule has 6 heteroatoms. The molecule has 124 valence electrons. The molecule has 0 amide bonds. The van der Waals surface area contributed by atoms with Crippen LogP contribution < -0.4 is 4.90 Å². The minimum absolute atomic E-state index is 0.154. The second-order valence-electron chi connectivity index (χ2n) is 5.98. The van der Waals surface area contributed by atoms with Crippen molar-refractivity contribution in [3.8, 4) is 22.8 Å². The van der Waals surface area contributed by atoms with E-state index in [1.807, 2.05) is 12.1 Å². The lowest BCUT2D eigenvalue weighted by Crippen LogP contribution is -2.29. The molecule has 1 aromatic carbocycles. The minimum Gasteiger partial charge on any atom is -0.466 e. The van der Waals surface area contributed by atoms with Crippen LogP contribution in [0.15, 0.2) is 45.5 Å². The van der Waals surface area contributed by atoms with E-state index in [1.54, 1.807) is 6.07 Å². The van der Waals surface area contributed by atoms with Crippen LogP contribution in [0.1, 0.15) is 25.0 Å². The van der Waals surface area contributed by atoms with Gasteiger partial charge in [0.15, 0.2) is 0 Å². The number of anilines is 1. The molecule has 1 saturated heterocycles. The molecule has 24 heavy (non-hydrogen) atoms. The summed E-state index contributed by atoms with van der Waals surface area (Å²) in [6.07, 6.45) is 5.35. The molecule has 0 saturated carbocycles. The molecule has 1 N–H and O–H groups in total. The van der Waals surface area contributed by atoms with E-state index in [9.17, 15) is 0 Å². The normalized spacial score (nSPS) is 15.0. The van der Waals surface area contributed by atoms with Gasteiger partial charge in [-0.1, -0.05) is 5.16 Å². The number of benzene rings is 1. The summed E-state index contributed by atoms with van der Waals surface area (Å²) in [6.45, 7) is 2.09. The number of aliphatic hydroxyl groups excluding tert-OH is 1. The van der Waals surface area contributed by atoms with Crippen molar-refractivity contribution >= 4 is 5.69 Å². The SMILES string of the molecule is OCc1cc(-c2nc(-c3ccc(N4CCCCC4)cc3)no2)co1. The van der Waals surface area contributed by atoms with Crippen LogP contribution in [0, 0.1) is 0 Å². The number of piperidine rings is 1. The largest absolute Gasteiger partial charge is 0.466 e. The Morgan fingerprint density at radius 3 is 2.54 bits per heavy atom. The van der Waals surface area contributed by atoms with Gasteiger partial charge >= 0.3 is 0 Å². The molecule has 0 atom stereocenters. The Morgan fingerprint density at radius 2 is 1.83 bits per heavy atom. The molecule has 3 aromatic rings. The molecule has 0 bridgehead atoms. The highest BCUT2D eigenvalue weighted by molar-refractivity contribution is 5.62. The van der Waals surface area contributed by atoms with E-state index in [4.69, 9.17) is 14.0 Å². The summed E-state index contributed by atoms with van der Waals surface area (Å²) >= 11 is 0. The first-order valence-corrected chi connectivity index (χ1v) is 8.21. The number of rotatable bonds is 4. The van der Waals surface area contributed by atoms with Crippen molar-refractivity contribution in [2.24, 2.45) is 0 Å². The Balaban J connectivity index is 1.53. The Bertz CT molecular complexity index is 801. The maximum absolute atomic E-state index is 9.05. The van der Waals surface area contributed by atoms with Crippen molar-refractivity contribution in [3.05, 3.63) is 42.4 Å². The average molecular weight is 325 g/mol. The maximum Gasteiger partial charge on any atom is 0.261 e. The van der Waals surface area contributed by atoms with Crippen LogP contribution in [0.5, 0.6) is 0 Å². The van der Waals surface area contributed by atoms with Crippen LogP contribution in [0.4, 0.5) is 5.69 Å². The summed E-state index contributed by atoms with van der Waals surface area (Å²) in [7, 11) is 0. The van der Waals surface area contributed by atoms with Gasteiger partial charge < -0.3 is 18.9 Å². The van der Waals surface area contributed by atoms with E-state index in [2.05, 4.69) is 27.2 Å². The van der Waals surface area contributed by atoms with Crippen LogP contribution in [-0.4, -0.2) is 28.3 Å². The van der Waals surface area contributed by atoms with Crippen LogP contribution in [0.2, 0.25) is 0 Å². The Hall–Kier alpha value is -2.60. The molecule has 4 rings (SSSR count). The van der Waals surface area contributed by atoms with Gasteiger partial charge in [-0.2, -0.15) is 4.98 Å².